The van der Waals surface area contributed by atoms with Gasteiger partial charge in [-0.25, -0.2) is 0 Å². The van der Waals surface area contributed by atoms with E-state index in [4.69, 9.17) is 27.9 Å². The van der Waals surface area contributed by atoms with Gasteiger partial charge < -0.3 is 14.7 Å². The molecule has 5 heteroatoms. The first kappa shape index (κ1) is 14.9. The van der Waals surface area contributed by atoms with Gasteiger partial charge in [-0.15, -0.1) is 0 Å². The summed E-state index contributed by atoms with van der Waals surface area (Å²) >= 11 is 11.9. The fraction of sp³-hybridized carbons (Fsp3) is 0.571. The van der Waals surface area contributed by atoms with Crippen LogP contribution in [0.3, 0.4) is 0 Å². The van der Waals surface area contributed by atoms with Crippen molar-refractivity contribution in [2.45, 2.75) is 25.4 Å². The Hall–Kier alpha value is -0.480. The van der Waals surface area contributed by atoms with Crippen LogP contribution in [-0.2, 0) is 0 Å². The smallest absolute Gasteiger partial charge is 0.139 e. The monoisotopic (exact) mass is 304 g/mol. The number of hydrogen-bond donors (Lipinski definition) is 2. The molecule has 0 saturated carbocycles. The van der Waals surface area contributed by atoms with E-state index in [0.717, 1.165) is 19.6 Å². The lowest BCUT2D eigenvalue weighted by Crippen LogP contribution is -3.14. The molecular formula is C14H20Cl2NO2+. The second kappa shape index (κ2) is 7.34. The highest BCUT2D eigenvalue weighted by Gasteiger charge is 2.18. The highest BCUT2D eigenvalue weighted by Crippen LogP contribution is 2.27. The molecule has 1 aromatic rings. The van der Waals surface area contributed by atoms with Crippen LogP contribution in [0.2, 0.25) is 10.0 Å². The molecule has 0 bridgehead atoms. The third kappa shape index (κ3) is 4.84. The minimum absolute atomic E-state index is 0.254. The Morgan fingerprint density at radius 1 is 1.21 bits per heavy atom. The van der Waals surface area contributed by atoms with Gasteiger partial charge in [0.25, 0.3) is 0 Å². The van der Waals surface area contributed by atoms with Gasteiger partial charge >= 0.3 is 0 Å². The number of aliphatic hydroxyl groups excluding tert-OH is 1. The van der Waals surface area contributed by atoms with Crippen LogP contribution in [0.5, 0.6) is 5.75 Å². The summed E-state index contributed by atoms with van der Waals surface area (Å²) < 4.78 is 5.54. The summed E-state index contributed by atoms with van der Waals surface area (Å²) in [5.41, 5.74) is 0. The summed E-state index contributed by atoms with van der Waals surface area (Å²) in [6.45, 7) is 3.28. The quantitative estimate of drug-likeness (QED) is 0.870. The molecule has 1 atom stereocenters. The number of likely N-dealkylation sites (tertiary alicyclic amines) is 1. The lowest BCUT2D eigenvalue weighted by Gasteiger charge is -2.25. The molecule has 2 N–H and O–H groups in total. The molecule has 3 nitrogen and oxygen atoms in total. The van der Waals surface area contributed by atoms with Crippen molar-refractivity contribution in [1.82, 2.24) is 0 Å². The van der Waals surface area contributed by atoms with Crippen molar-refractivity contribution in [2.75, 3.05) is 26.2 Å². The summed E-state index contributed by atoms with van der Waals surface area (Å²) in [4.78, 5) is 1.46. The zero-order valence-electron chi connectivity index (χ0n) is 10.9. The molecule has 1 fully saturated rings. The first-order chi connectivity index (χ1) is 9.15. The third-order valence-corrected chi connectivity index (χ3v) is 3.96. The maximum Gasteiger partial charge on any atom is 0.139 e. The van der Waals surface area contributed by atoms with Crippen LogP contribution >= 0.6 is 23.2 Å². The number of ether oxygens (including phenoxy) is 1. The lowest BCUT2D eigenvalue weighted by molar-refractivity contribution is -0.908. The minimum Gasteiger partial charge on any atom is -0.489 e. The van der Waals surface area contributed by atoms with Gasteiger partial charge in [-0.05, 0) is 31.4 Å². The molecule has 2 rings (SSSR count). The number of hydrogen-bond acceptors (Lipinski definition) is 2. The second-order valence-corrected chi connectivity index (χ2v) is 5.90. The van der Waals surface area contributed by atoms with Crippen LogP contribution in [0.4, 0.5) is 0 Å². The summed E-state index contributed by atoms with van der Waals surface area (Å²) in [6.07, 6.45) is 3.35. The van der Waals surface area contributed by atoms with Crippen LogP contribution < -0.4 is 9.64 Å². The molecule has 1 aliphatic heterocycles. The fourth-order valence-corrected chi connectivity index (χ4v) is 2.76. The first-order valence-corrected chi connectivity index (χ1v) is 7.50. The van der Waals surface area contributed by atoms with Gasteiger partial charge in [0.15, 0.2) is 0 Å². The molecule has 1 heterocycles. The minimum atomic E-state index is -0.469. The van der Waals surface area contributed by atoms with Crippen LogP contribution in [0.15, 0.2) is 18.2 Å². The van der Waals surface area contributed by atoms with E-state index in [1.807, 2.05) is 0 Å². The topological polar surface area (TPSA) is 33.9 Å². The Morgan fingerprint density at radius 3 is 2.68 bits per heavy atom. The number of aliphatic hydroxyl groups is 1. The summed E-state index contributed by atoms with van der Waals surface area (Å²) in [7, 11) is 0. The van der Waals surface area contributed by atoms with Crippen molar-refractivity contribution in [3.05, 3.63) is 28.2 Å². The standard InChI is InChI=1S/C14H19Cl2NO2/c15-11-4-5-13(16)14(8-11)19-10-12(18)9-17-6-2-1-3-7-17/h4-5,8,12,18H,1-3,6-7,9-10H2/p+1/t12-/m0/s1. The largest absolute Gasteiger partial charge is 0.489 e. The molecular weight excluding hydrogens is 285 g/mol. The Balaban J connectivity index is 1.79. The van der Waals surface area contributed by atoms with E-state index in [0.29, 0.717) is 15.8 Å². The van der Waals surface area contributed by atoms with Crippen LogP contribution in [-0.4, -0.2) is 37.5 Å². The summed E-state index contributed by atoms with van der Waals surface area (Å²) in [5.74, 6) is 0.530. The van der Waals surface area contributed by atoms with Gasteiger partial charge in [-0.1, -0.05) is 23.2 Å². The van der Waals surface area contributed by atoms with E-state index in [1.165, 1.54) is 24.2 Å². The van der Waals surface area contributed by atoms with Gasteiger partial charge in [-0.3, -0.25) is 0 Å². The molecule has 19 heavy (non-hydrogen) atoms. The summed E-state index contributed by atoms with van der Waals surface area (Å²) in [6, 6.07) is 5.08. The van der Waals surface area contributed by atoms with Gasteiger partial charge in [-0.2, -0.15) is 0 Å². The molecule has 0 amide bonds. The predicted molar refractivity (Wildman–Crippen MR) is 77.4 cm³/mol. The Morgan fingerprint density at radius 2 is 1.95 bits per heavy atom. The fourth-order valence-electron chi connectivity index (χ4n) is 2.42. The Kier molecular flexibility index (Phi) is 5.76. The van der Waals surface area contributed by atoms with Crippen molar-refractivity contribution in [3.8, 4) is 5.75 Å². The normalized spacial score (nSPS) is 18.3. The molecule has 0 aliphatic carbocycles. The zero-order valence-corrected chi connectivity index (χ0v) is 12.4. The van der Waals surface area contributed by atoms with E-state index in [9.17, 15) is 5.11 Å². The molecule has 1 aromatic carbocycles. The molecule has 1 aliphatic rings. The average molecular weight is 305 g/mol. The lowest BCUT2D eigenvalue weighted by atomic mass is 10.1. The third-order valence-electron chi connectivity index (χ3n) is 3.41. The van der Waals surface area contributed by atoms with Crippen molar-refractivity contribution < 1.29 is 14.7 Å². The van der Waals surface area contributed by atoms with Crippen LogP contribution in [0, 0.1) is 0 Å². The number of halogens is 2. The summed E-state index contributed by atoms with van der Waals surface area (Å²) in [5, 5.41) is 11.1. The molecule has 0 radical (unpaired) electrons. The number of nitrogens with one attached hydrogen (secondary N) is 1. The van der Waals surface area contributed by atoms with Crippen molar-refractivity contribution in [3.63, 3.8) is 0 Å². The maximum atomic E-state index is 10.0. The first-order valence-electron chi connectivity index (χ1n) is 6.74. The van der Waals surface area contributed by atoms with Crippen LogP contribution in [0.1, 0.15) is 19.3 Å². The predicted octanol–water partition coefficient (Wildman–Crippen LogP) is 1.80. The van der Waals surface area contributed by atoms with Crippen molar-refractivity contribution in [2.24, 2.45) is 0 Å². The van der Waals surface area contributed by atoms with Gasteiger partial charge in [0, 0.05) is 11.1 Å². The maximum absolute atomic E-state index is 10.0. The highest BCUT2D eigenvalue weighted by atomic mass is 35.5. The van der Waals surface area contributed by atoms with E-state index in [2.05, 4.69) is 0 Å². The SMILES string of the molecule is O[C@H](COc1cc(Cl)ccc1Cl)C[NH+]1CCCCC1. The number of rotatable bonds is 5. The van der Waals surface area contributed by atoms with Crippen LogP contribution in [0.25, 0.3) is 0 Å². The number of benzene rings is 1. The molecule has 106 valence electrons. The number of piperidine rings is 1. The molecule has 0 unspecified atom stereocenters. The van der Waals surface area contributed by atoms with Gasteiger partial charge in [0.05, 0.1) is 18.1 Å². The Bertz CT molecular complexity index is 408. The van der Waals surface area contributed by atoms with E-state index in [1.54, 1.807) is 18.2 Å². The van der Waals surface area contributed by atoms with E-state index >= 15 is 0 Å². The Labute approximate surface area is 124 Å². The molecule has 0 spiro atoms. The second-order valence-electron chi connectivity index (χ2n) is 5.05. The highest BCUT2D eigenvalue weighted by molar-refractivity contribution is 6.34. The van der Waals surface area contributed by atoms with Gasteiger partial charge in [0.2, 0.25) is 0 Å². The molecule has 1 saturated heterocycles. The zero-order chi connectivity index (χ0) is 13.7. The van der Waals surface area contributed by atoms with E-state index in [-0.39, 0.29) is 6.61 Å². The number of quaternary nitrogens is 1. The molecule has 0 aromatic heterocycles. The van der Waals surface area contributed by atoms with Crippen molar-refractivity contribution >= 4 is 23.2 Å². The van der Waals surface area contributed by atoms with Gasteiger partial charge in [0.1, 0.15) is 25.0 Å². The average Bonchev–Trinajstić information content (AvgIpc) is 2.41. The van der Waals surface area contributed by atoms with Crippen molar-refractivity contribution in [1.29, 1.82) is 0 Å². The van der Waals surface area contributed by atoms with E-state index < -0.39 is 6.10 Å².